The highest BCUT2D eigenvalue weighted by atomic mass is 16.5. The summed E-state index contributed by atoms with van der Waals surface area (Å²) in [7, 11) is 0. The number of hydrogen-bond acceptors (Lipinski definition) is 3. The van der Waals surface area contributed by atoms with Crippen molar-refractivity contribution in [2.45, 2.75) is 26.9 Å². The molecule has 0 spiro atoms. The summed E-state index contributed by atoms with van der Waals surface area (Å²) in [6.07, 6.45) is 0.222. The molecule has 1 aromatic carbocycles. The van der Waals surface area contributed by atoms with E-state index in [1.807, 2.05) is 0 Å². The summed E-state index contributed by atoms with van der Waals surface area (Å²) in [5.74, 6) is 1.01. The van der Waals surface area contributed by atoms with E-state index in [1.165, 1.54) is 11.3 Å². The molecule has 0 aliphatic carbocycles. The molecule has 1 N–H and O–H groups in total. The molecule has 2 rings (SSSR count). The molecule has 1 aromatic rings. The SMILES string of the molecule is Cc1ccc(OC(C)C)c(N2CCNCC2)c1. The van der Waals surface area contributed by atoms with Crippen molar-refractivity contribution >= 4 is 5.69 Å². The van der Waals surface area contributed by atoms with E-state index in [1.54, 1.807) is 0 Å². The van der Waals surface area contributed by atoms with E-state index >= 15 is 0 Å². The quantitative estimate of drug-likeness (QED) is 0.867. The van der Waals surface area contributed by atoms with Gasteiger partial charge in [-0.1, -0.05) is 6.07 Å². The van der Waals surface area contributed by atoms with Gasteiger partial charge in [-0.05, 0) is 38.5 Å². The van der Waals surface area contributed by atoms with Crippen LogP contribution in [-0.2, 0) is 0 Å². The van der Waals surface area contributed by atoms with Crippen molar-refractivity contribution in [1.82, 2.24) is 5.32 Å². The molecule has 1 aliphatic heterocycles. The molecule has 0 atom stereocenters. The fourth-order valence-corrected chi connectivity index (χ4v) is 2.13. The average Bonchev–Trinajstić information content (AvgIpc) is 2.32. The molecular formula is C14H22N2O. The molecule has 0 amide bonds. The lowest BCUT2D eigenvalue weighted by Gasteiger charge is -2.31. The van der Waals surface area contributed by atoms with Gasteiger partial charge in [-0.2, -0.15) is 0 Å². The zero-order valence-electron chi connectivity index (χ0n) is 11.0. The summed E-state index contributed by atoms with van der Waals surface area (Å²) in [5.41, 5.74) is 2.52. The molecule has 0 radical (unpaired) electrons. The average molecular weight is 234 g/mol. The Labute approximate surface area is 104 Å². The first-order valence-corrected chi connectivity index (χ1v) is 6.40. The van der Waals surface area contributed by atoms with E-state index in [-0.39, 0.29) is 6.10 Å². The predicted molar refractivity (Wildman–Crippen MR) is 72.0 cm³/mol. The van der Waals surface area contributed by atoms with Crippen molar-refractivity contribution in [2.24, 2.45) is 0 Å². The summed E-state index contributed by atoms with van der Waals surface area (Å²) < 4.78 is 5.89. The second kappa shape index (κ2) is 5.41. The molecule has 0 unspecified atom stereocenters. The van der Waals surface area contributed by atoms with Crippen molar-refractivity contribution in [1.29, 1.82) is 0 Å². The van der Waals surface area contributed by atoms with Crippen LogP contribution < -0.4 is 15.0 Å². The van der Waals surface area contributed by atoms with Crippen molar-refractivity contribution in [3.05, 3.63) is 23.8 Å². The van der Waals surface area contributed by atoms with Crippen molar-refractivity contribution in [3.63, 3.8) is 0 Å². The van der Waals surface area contributed by atoms with Crippen molar-refractivity contribution in [3.8, 4) is 5.75 Å². The Balaban J connectivity index is 2.25. The first-order chi connectivity index (χ1) is 8.16. The molecule has 1 heterocycles. The first kappa shape index (κ1) is 12.2. The normalized spacial score (nSPS) is 16.4. The monoisotopic (exact) mass is 234 g/mol. The van der Waals surface area contributed by atoms with E-state index in [0.717, 1.165) is 31.9 Å². The van der Waals surface area contributed by atoms with Gasteiger partial charge < -0.3 is 15.0 Å². The van der Waals surface area contributed by atoms with Crippen molar-refractivity contribution < 1.29 is 4.74 Å². The van der Waals surface area contributed by atoms with Gasteiger partial charge >= 0.3 is 0 Å². The Bertz CT molecular complexity index is 370. The Hall–Kier alpha value is -1.22. The maximum Gasteiger partial charge on any atom is 0.142 e. The molecule has 0 bridgehead atoms. The number of piperazine rings is 1. The molecule has 1 fully saturated rings. The van der Waals surface area contributed by atoms with Gasteiger partial charge in [0.2, 0.25) is 0 Å². The molecular weight excluding hydrogens is 212 g/mol. The van der Waals surface area contributed by atoms with Crippen LogP contribution in [0.1, 0.15) is 19.4 Å². The summed E-state index contributed by atoms with van der Waals surface area (Å²) in [5, 5.41) is 3.38. The fraction of sp³-hybridized carbons (Fsp3) is 0.571. The minimum Gasteiger partial charge on any atom is -0.489 e. The fourth-order valence-electron chi connectivity index (χ4n) is 2.13. The molecule has 0 saturated carbocycles. The van der Waals surface area contributed by atoms with E-state index in [0.29, 0.717) is 0 Å². The van der Waals surface area contributed by atoms with Crippen LogP contribution in [0.15, 0.2) is 18.2 Å². The lowest BCUT2D eigenvalue weighted by Crippen LogP contribution is -2.43. The topological polar surface area (TPSA) is 24.5 Å². The highest BCUT2D eigenvalue weighted by molar-refractivity contribution is 5.60. The Kier molecular flexibility index (Phi) is 3.89. The van der Waals surface area contributed by atoms with E-state index in [9.17, 15) is 0 Å². The number of nitrogens with zero attached hydrogens (tertiary/aromatic N) is 1. The maximum atomic E-state index is 5.89. The summed E-state index contributed by atoms with van der Waals surface area (Å²) in [6, 6.07) is 6.43. The summed E-state index contributed by atoms with van der Waals surface area (Å²) in [4.78, 5) is 2.40. The van der Waals surface area contributed by atoms with Gasteiger partial charge in [0.25, 0.3) is 0 Å². The number of hydrogen-bond donors (Lipinski definition) is 1. The van der Waals surface area contributed by atoms with Gasteiger partial charge in [-0.25, -0.2) is 0 Å². The zero-order valence-corrected chi connectivity index (χ0v) is 11.0. The minimum atomic E-state index is 0.222. The minimum absolute atomic E-state index is 0.222. The van der Waals surface area contributed by atoms with E-state index in [2.05, 4.69) is 49.2 Å². The van der Waals surface area contributed by atoms with Crippen LogP contribution in [0.3, 0.4) is 0 Å². The second-order valence-electron chi connectivity index (χ2n) is 4.87. The van der Waals surface area contributed by atoms with Gasteiger partial charge in [-0.15, -0.1) is 0 Å². The largest absolute Gasteiger partial charge is 0.489 e. The van der Waals surface area contributed by atoms with Crippen LogP contribution in [0.2, 0.25) is 0 Å². The molecule has 3 heteroatoms. The summed E-state index contributed by atoms with van der Waals surface area (Å²) in [6.45, 7) is 10.5. The molecule has 1 aliphatic rings. The first-order valence-electron chi connectivity index (χ1n) is 6.40. The number of nitrogens with one attached hydrogen (secondary N) is 1. The predicted octanol–water partition coefficient (Wildman–Crippen LogP) is 2.19. The molecule has 0 aromatic heterocycles. The van der Waals surface area contributed by atoms with Gasteiger partial charge in [0.15, 0.2) is 0 Å². The Morgan fingerprint density at radius 1 is 1.24 bits per heavy atom. The lowest BCUT2D eigenvalue weighted by molar-refractivity contribution is 0.242. The molecule has 17 heavy (non-hydrogen) atoms. The third-order valence-corrected chi connectivity index (χ3v) is 2.93. The second-order valence-corrected chi connectivity index (χ2v) is 4.87. The van der Waals surface area contributed by atoms with Gasteiger partial charge in [0.05, 0.1) is 11.8 Å². The third kappa shape index (κ3) is 3.13. The number of benzene rings is 1. The van der Waals surface area contributed by atoms with Crippen LogP contribution in [0, 0.1) is 6.92 Å². The zero-order chi connectivity index (χ0) is 12.3. The van der Waals surface area contributed by atoms with Crippen LogP contribution in [0.5, 0.6) is 5.75 Å². The third-order valence-electron chi connectivity index (χ3n) is 2.93. The maximum absolute atomic E-state index is 5.89. The van der Waals surface area contributed by atoms with Crippen LogP contribution >= 0.6 is 0 Å². The Morgan fingerprint density at radius 3 is 2.59 bits per heavy atom. The number of anilines is 1. The summed E-state index contributed by atoms with van der Waals surface area (Å²) >= 11 is 0. The van der Waals surface area contributed by atoms with E-state index < -0.39 is 0 Å². The molecule has 3 nitrogen and oxygen atoms in total. The van der Waals surface area contributed by atoms with Gasteiger partial charge in [-0.3, -0.25) is 0 Å². The van der Waals surface area contributed by atoms with Crippen LogP contribution in [0.25, 0.3) is 0 Å². The highest BCUT2D eigenvalue weighted by Crippen LogP contribution is 2.30. The van der Waals surface area contributed by atoms with Crippen LogP contribution in [0.4, 0.5) is 5.69 Å². The smallest absolute Gasteiger partial charge is 0.142 e. The number of aryl methyl sites for hydroxylation is 1. The molecule has 1 saturated heterocycles. The lowest BCUT2D eigenvalue weighted by atomic mass is 10.1. The highest BCUT2D eigenvalue weighted by Gasteiger charge is 2.15. The van der Waals surface area contributed by atoms with Crippen molar-refractivity contribution in [2.75, 3.05) is 31.1 Å². The van der Waals surface area contributed by atoms with E-state index in [4.69, 9.17) is 4.74 Å². The van der Waals surface area contributed by atoms with Gasteiger partial charge in [0, 0.05) is 26.2 Å². The Morgan fingerprint density at radius 2 is 1.94 bits per heavy atom. The number of ether oxygens (including phenoxy) is 1. The number of rotatable bonds is 3. The standard InChI is InChI=1S/C14H22N2O/c1-11(2)17-14-5-4-12(3)10-13(14)16-8-6-15-7-9-16/h4-5,10-11,15H,6-9H2,1-3H3. The van der Waals surface area contributed by atoms with Gasteiger partial charge in [0.1, 0.15) is 5.75 Å². The molecule has 94 valence electrons. The van der Waals surface area contributed by atoms with Crippen LogP contribution in [-0.4, -0.2) is 32.3 Å².